The standard InChI is InChI=1S/C20H21FN4O2/c1-14(26)22-11-15-10-16-12-24(8-9-25(16)23-15)13-17-6-7-20(27-17)18-4-2-3-5-19(18)21/h2-7,10H,8-9,11-13H2,1H3,(H,22,26). The van der Waals surface area contributed by atoms with Crippen LogP contribution in [0.2, 0.25) is 0 Å². The largest absolute Gasteiger partial charge is 0.460 e. The summed E-state index contributed by atoms with van der Waals surface area (Å²) in [6.45, 7) is 4.99. The molecule has 0 bridgehead atoms. The van der Waals surface area contributed by atoms with Crippen molar-refractivity contribution in [3.63, 3.8) is 0 Å². The summed E-state index contributed by atoms with van der Waals surface area (Å²) in [4.78, 5) is 13.3. The lowest BCUT2D eigenvalue weighted by Gasteiger charge is -2.26. The molecule has 6 nitrogen and oxygen atoms in total. The number of carbonyl (C=O) groups excluding carboxylic acids is 1. The molecular weight excluding hydrogens is 347 g/mol. The number of nitrogens with zero attached hydrogens (tertiary/aromatic N) is 3. The van der Waals surface area contributed by atoms with E-state index >= 15 is 0 Å². The van der Waals surface area contributed by atoms with Gasteiger partial charge in [0, 0.05) is 20.0 Å². The van der Waals surface area contributed by atoms with Gasteiger partial charge in [-0.1, -0.05) is 12.1 Å². The summed E-state index contributed by atoms with van der Waals surface area (Å²) in [5.41, 5.74) is 2.45. The Morgan fingerprint density at radius 2 is 2.11 bits per heavy atom. The monoisotopic (exact) mass is 368 g/mol. The first-order chi connectivity index (χ1) is 13.1. The van der Waals surface area contributed by atoms with Gasteiger partial charge in [-0.3, -0.25) is 14.4 Å². The van der Waals surface area contributed by atoms with Crippen molar-refractivity contribution in [3.05, 3.63) is 65.4 Å². The number of furan rings is 1. The second-order valence-electron chi connectivity index (χ2n) is 6.72. The van der Waals surface area contributed by atoms with Crippen LogP contribution < -0.4 is 5.32 Å². The summed E-state index contributed by atoms with van der Waals surface area (Å²) in [5, 5.41) is 7.30. The Bertz CT molecular complexity index is 963. The molecular formula is C20H21FN4O2. The van der Waals surface area contributed by atoms with E-state index in [4.69, 9.17) is 4.42 Å². The summed E-state index contributed by atoms with van der Waals surface area (Å²) < 4.78 is 21.8. The molecule has 1 N–H and O–H groups in total. The normalized spacial score (nSPS) is 14.1. The van der Waals surface area contributed by atoms with Crippen LogP contribution >= 0.6 is 0 Å². The number of amides is 1. The minimum atomic E-state index is -0.285. The number of hydrogen-bond donors (Lipinski definition) is 1. The van der Waals surface area contributed by atoms with E-state index in [0.29, 0.717) is 24.4 Å². The second kappa shape index (κ2) is 7.36. The van der Waals surface area contributed by atoms with Crippen LogP contribution in [0, 0.1) is 5.82 Å². The molecule has 1 aliphatic rings. The van der Waals surface area contributed by atoms with Crippen LogP contribution in [0.25, 0.3) is 11.3 Å². The first-order valence-electron chi connectivity index (χ1n) is 8.94. The Morgan fingerprint density at radius 1 is 1.26 bits per heavy atom. The summed E-state index contributed by atoms with van der Waals surface area (Å²) in [6, 6.07) is 12.3. The van der Waals surface area contributed by atoms with Gasteiger partial charge in [-0.2, -0.15) is 5.10 Å². The van der Waals surface area contributed by atoms with Crippen molar-refractivity contribution in [1.29, 1.82) is 0 Å². The summed E-state index contributed by atoms with van der Waals surface area (Å²) in [5.74, 6) is 1.00. The zero-order valence-electron chi connectivity index (χ0n) is 15.1. The van der Waals surface area contributed by atoms with E-state index in [9.17, 15) is 9.18 Å². The predicted molar refractivity (Wildman–Crippen MR) is 98.0 cm³/mol. The zero-order chi connectivity index (χ0) is 18.8. The van der Waals surface area contributed by atoms with Gasteiger partial charge in [0.1, 0.15) is 17.3 Å². The second-order valence-corrected chi connectivity index (χ2v) is 6.72. The number of aromatic nitrogens is 2. The molecule has 7 heteroatoms. The van der Waals surface area contributed by atoms with E-state index in [1.807, 2.05) is 22.9 Å². The lowest BCUT2D eigenvalue weighted by Crippen LogP contribution is -2.33. The van der Waals surface area contributed by atoms with Crippen LogP contribution in [-0.2, 0) is 31.0 Å². The molecule has 140 valence electrons. The van der Waals surface area contributed by atoms with Crippen molar-refractivity contribution < 1.29 is 13.6 Å². The van der Waals surface area contributed by atoms with Gasteiger partial charge in [0.2, 0.25) is 5.91 Å². The van der Waals surface area contributed by atoms with E-state index in [1.165, 1.54) is 13.0 Å². The third-order valence-electron chi connectivity index (χ3n) is 4.63. The van der Waals surface area contributed by atoms with Crippen LogP contribution in [0.15, 0.2) is 46.9 Å². The molecule has 1 amide bonds. The van der Waals surface area contributed by atoms with Gasteiger partial charge in [0.05, 0.1) is 36.6 Å². The molecule has 0 spiro atoms. The van der Waals surface area contributed by atoms with Crippen LogP contribution in [-0.4, -0.2) is 27.1 Å². The maximum atomic E-state index is 13.9. The highest BCUT2D eigenvalue weighted by Crippen LogP contribution is 2.26. The van der Waals surface area contributed by atoms with Gasteiger partial charge in [0.15, 0.2) is 0 Å². The quantitative estimate of drug-likeness (QED) is 0.752. The number of fused-ring (bicyclic) bond motifs is 1. The molecule has 0 fully saturated rings. The fourth-order valence-corrected chi connectivity index (χ4v) is 3.31. The van der Waals surface area contributed by atoms with E-state index in [1.54, 1.807) is 18.2 Å². The third kappa shape index (κ3) is 3.93. The fourth-order valence-electron chi connectivity index (χ4n) is 3.31. The molecule has 0 saturated heterocycles. The molecule has 2 aromatic heterocycles. The minimum absolute atomic E-state index is 0.0638. The smallest absolute Gasteiger partial charge is 0.217 e. The average Bonchev–Trinajstić information content (AvgIpc) is 3.26. The van der Waals surface area contributed by atoms with Gasteiger partial charge >= 0.3 is 0 Å². The summed E-state index contributed by atoms with van der Waals surface area (Å²) in [6.07, 6.45) is 0. The molecule has 3 aromatic rings. The van der Waals surface area contributed by atoms with Gasteiger partial charge in [-0.15, -0.1) is 0 Å². The van der Waals surface area contributed by atoms with Crippen LogP contribution in [0.3, 0.4) is 0 Å². The van der Waals surface area contributed by atoms with Crippen LogP contribution in [0.1, 0.15) is 24.1 Å². The number of nitrogens with one attached hydrogen (secondary N) is 1. The molecule has 1 aliphatic heterocycles. The van der Waals surface area contributed by atoms with Crippen molar-refractivity contribution in [2.24, 2.45) is 0 Å². The third-order valence-corrected chi connectivity index (χ3v) is 4.63. The van der Waals surface area contributed by atoms with Crippen LogP contribution in [0.4, 0.5) is 4.39 Å². The first-order valence-corrected chi connectivity index (χ1v) is 8.94. The van der Waals surface area contributed by atoms with Gasteiger partial charge in [-0.25, -0.2) is 4.39 Å². The minimum Gasteiger partial charge on any atom is -0.460 e. The molecule has 0 atom stereocenters. The Balaban J connectivity index is 1.42. The Kier molecular flexibility index (Phi) is 4.77. The van der Waals surface area contributed by atoms with Crippen LogP contribution in [0.5, 0.6) is 0 Å². The summed E-state index contributed by atoms with van der Waals surface area (Å²) >= 11 is 0. The highest BCUT2D eigenvalue weighted by Gasteiger charge is 2.20. The lowest BCUT2D eigenvalue weighted by molar-refractivity contribution is -0.119. The number of halogens is 1. The van der Waals surface area contributed by atoms with Crippen molar-refractivity contribution in [2.75, 3.05) is 6.54 Å². The highest BCUT2D eigenvalue weighted by molar-refractivity contribution is 5.72. The lowest BCUT2D eigenvalue weighted by atomic mass is 10.1. The van der Waals surface area contributed by atoms with E-state index in [2.05, 4.69) is 15.3 Å². The van der Waals surface area contributed by atoms with Crippen molar-refractivity contribution in [3.8, 4) is 11.3 Å². The highest BCUT2D eigenvalue weighted by atomic mass is 19.1. The van der Waals surface area contributed by atoms with E-state index in [0.717, 1.165) is 36.8 Å². The van der Waals surface area contributed by atoms with Gasteiger partial charge in [-0.05, 0) is 30.3 Å². The molecule has 1 aromatic carbocycles. The SMILES string of the molecule is CC(=O)NCc1cc2n(n1)CCN(Cc1ccc(-c3ccccc3F)o1)C2. The number of hydrogen-bond acceptors (Lipinski definition) is 4. The van der Waals surface area contributed by atoms with Crippen molar-refractivity contribution in [1.82, 2.24) is 20.0 Å². The molecule has 3 heterocycles. The van der Waals surface area contributed by atoms with Crippen molar-refractivity contribution >= 4 is 5.91 Å². The van der Waals surface area contributed by atoms with E-state index < -0.39 is 0 Å². The zero-order valence-corrected chi connectivity index (χ0v) is 15.1. The fraction of sp³-hybridized carbons (Fsp3) is 0.300. The van der Waals surface area contributed by atoms with Gasteiger partial charge < -0.3 is 9.73 Å². The Labute approximate surface area is 156 Å². The molecule has 0 aliphatic carbocycles. The maximum absolute atomic E-state index is 13.9. The van der Waals surface area contributed by atoms with E-state index in [-0.39, 0.29) is 11.7 Å². The number of carbonyl (C=O) groups is 1. The van der Waals surface area contributed by atoms with Gasteiger partial charge in [0.25, 0.3) is 0 Å². The molecule has 0 unspecified atom stereocenters. The molecule has 0 saturated carbocycles. The van der Waals surface area contributed by atoms with Crippen molar-refractivity contribution in [2.45, 2.75) is 33.1 Å². The molecule has 4 rings (SSSR count). The molecule has 27 heavy (non-hydrogen) atoms. The summed E-state index contributed by atoms with van der Waals surface area (Å²) in [7, 11) is 0. The number of benzene rings is 1. The number of rotatable bonds is 5. The maximum Gasteiger partial charge on any atom is 0.217 e. The average molecular weight is 368 g/mol. The topological polar surface area (TPSA) is 63.3 Å². The Morgan fingerprint density at radius 3 is 2.93 bits per heavy atom. The first kappa shape index (κ1) is 17.5. The molecule has 0 radical (unpaired) electrons. The predicted octanol–water partition coefficient (Wildman–Crippen LogP) is 2.93. The Hall–Kier alpha value is -2.93.